The standard InChI is InChI=1S/C45H80NO10P/c1-3-5-7-9-11-13-15-17-19-20-21-22-23-25-27-29-31-33-35-37-44(48)56-41(39-54-57(51,52)55-40-42(46)45(49)50)38-53-43(47)36-34-32-30-28-26-24-18-16-14-12-10-8-6-4-2/h10-13,16-19,41-42H,3-9,14-15,20-40,46H2,1-2H3,(H,49,50)(H,51,52)/b12-10+,13-11+,18-16+,19-17+/t41-,42+/m1/s1. The van der Waals surface area contributed by atoms with Gasteiger partial charge >= 0.3 is 25.7 Å². The maximum absolute atomic E-state index is 12.6. The molecule has 0 saturated heterocycles. The van der Waals surface area contributed by atoms with Crippen molar-refractivity contribution < 1.29 is 47.5 Å². The number of phosphoric acid groups is 1. The van der Waals surface area contributed by atoms with Crippen molar-refractivity contribution in [3.05, 3.63) is 48.6 Å². The molecule has 0 aromatic rings. The number of esters is 2. The molecule has 0 amide bonds. The van der Waals surface area contributed by atoms with Gasteiger partial charge in [-0.05, 0) is 70.6 Å². The minimum absolute atomic E-state index is 0.152. The number of aliphatic carboxylic acids is 1. The summed E-state index contributed by atoms with van der Waals surface area (Å²) in [4.78, 5) is 46.0. The van der Waals surface area contributed by atoms with Crippen LogP contribution in [0, 0.1) is 0 Å². The van der Waals surface area contributed by atoms with Crippen molar-refractivity contribution in [3.63, 3.8) is 0 Å². The smallest absolute Gasteiger partial charge is 0.472 e. The van der Waals surface area contributed by atoms with Crippen LogP contribution in [0.1, 0.15) is 187 Å². The predicted molar refractivity (Wildman–Crippen MR) is 231 cm³/mol. The Kier molecular flexibility index (Phi) is 38.4. The van der Waals surface area contributed by atoms with E-state index in [1.54, 1.807) is 0 Å². The van der Waals surface area contributed by atoms with Crippen LogP contribution in [-0.2, 0) is 37.5 Å². The summed E-state index contributed by atoms with van der Waals surface area (Å²) in [6.45, 7) is 2.72. The van der Waals surface area contributed by atoms with Gasteiger partial charge in [0.15, 0.2) is 6.10 Å². The Labute approximate surface area is 345 Å². The first-order valence-corrected chi connectivity index (χ1v) is 23.7. The number of rotatable bonds is 41. The van der Waals surface area contributed by atoms with Crippen LogP contribution in [0.4, 0.5) is 0 Å². The monoisotopic (exact) mass is 826 g/mol. The number of unbranched alkanes of at least 4 members (excludes halogenated alkanes) is 19. The average Bonchev–Trinajstić information content (AvgIpc) is 3.19. The lowest BCUT2D eigenvalue weighted by atomic mass is 10.1. The highest BCUT2D eigenvalue weighted by molar-refractivity contribution is 7.47. The van der Waals surface area contributed by atoms with Gasteiger partial charge in [0.2, 0.25) is 0 Å². The quantitative estimate of drug-likeness (QED) is 0.0232. The Morgan fingerprint density at radius 3 is 1.42 bits per heavy atom. The number of allylic oxidation sites excluding steroid dienone is 8. The van der Waals surface area contributed by atoms with Crippen LogP contribution in [0.25, 0.3) is 0 Å². The molecule has 3 atom stereocenters. The van der Waals surface area contributed by atoms with Gasteiger partial charge < -0.3 is 25.2 Å². The van der Waals surface area contributed by atoms with E-state index in [1.807, 2.05) is 0 Å². The molecule has 11 nitrogen and oxygen atoms in total. The highest BCUT2D eigenvalue weighted by atomic mass is 31.2. The fraction of sp³-hybridized carbons (Fsp3) is 0.756. The Morgan fingerprint density at radius 1 is 0.544 bits per heavy atom. The summed E-state index contributed by atoms with van der Waals surface area (Å²) in [5, 5.41) is 8.89. The number of nitrogens with two attached hydrogens (primary N) is 1. The van der Waals surface area contributed by atoms with Crippen molar-refractivity contribution in [2.24, 2.45) is 5.73 Å². The summed E-state index contributed by atoms with van der Waals surface area (Å²) in [5.74, 6) is -2.40. The second-order valence-corrected chi connectivity index (χ2v) is 16.3. The van der Waals surface area contributed by atoms with Crippen molar-refractivity contribution in [3.8, 4) is 0 Å². The van der Waals surface area contributed by atoms with E-state index in [9.17, 15) is 23.8 Å². The Balaban J connectivity index is 4.36. The van der Waals surface area contributed by atoms with Crippen LogP contribution in [0.15, 0.2) is 48.6 Å². The number of carboxylic acids is 1. The van der Waals surface area contributed by atoms with Gasteiger partial charge in [0, 0.05) is 12.8 Å². The average molecular weight is 826 g/mol. The number of carbonyl (C=O) groups is 3. The molecular weight excluding hydrogens is 745 g/mol. The van der Waals surface area contributed by atoms with Crippen molar-refractivity contribution in [1.29, 1.82) is 0 Å². The largest absolute Gasteiger partial charge is 0.480 e. The van der Waals surface area contributed by atoms with Gasteiger partial charge in [-0.3, -0.25) is 23.4 Å². The van der Waals surface area contributed by atoms with Crippen LogP contribution in [0.5, 0.6) is 0 Å². The first-order valence-electron chi connectivity index (χ1n) is 22.2. The van der Waals surface area contributed by atoms with Gasteiger partial charge in [0.05, 0.1) is 13.2 Å². The summed E-state index contributed by atoms with van der Waals surface area (Å²) in [7, 11) is -4.72. The molecule has 330 valence electrons. The van der Waals surface area contributed by atoms with Crippen molar-refractivity contribution in [2.75, 3.05) is 19.8 Å². The number of hydrogen-bond acceptors (Lipinski definition) is 9. The Bertz CT molecular complexity index is 1150. The normalized spacial score (nSPS) is 14.2. The predicted octanol–water partition coefficient (Wildman–Crippen LogP) is 11.8. The summed E-state index contributed by atoms with van der Waals surface area (Å²) in [6.07, 6.45) is 44.5. The summed E-state index contributed by atoms with van der Waals surface area (Å²) >= 11 is 0. The molecule has 0 bridgehead atoms. The molecule has 0 aliphatic carbocycles. The molecule has 0 aliphatic rings. The van der Waals surface area contributed by atoms with E-state index in [2.05, 4.69) is 67.0 Å². The van der Waals surface area contributed by atoms with E-state index < -0.39 is 51.1 Å². The first-order chi connectivity index (χ1) is 27.6. The van der Waals surface area contributed by atoms with Gasteiger partial charge in [0.25, 0.3) is 0 Å². The van der Waals surface area contributed by atoms with Gasteiger partial charge in [-0.15, -0.1) is 0 Å². The number of carboxylic acid groups (broad SMARTS) is 1. The lowest BCUT2D eigenvalue weighted by molar-refractivity contribution is -0.161. The molecule has 0 aromatic heterocycles. The summed E-state index contributed by atoms with van der Waals surface area (Å²) < 4.78 is 32.7. The number of hydrogen-bond donors (Lipinski definition) is 3. The van der Waals surface area contributed by atoms with E-state index in [0.717, 1.165) is 77.0 Å². The summed E-state index contributed by atoms with van der Waals surface area (Å²) in [6, 6.07) is -1.52. The molecule has 0 fully saturated rings. The lowest BCUT2D eigenvalue weighted by Crippen LogP contribution is -2.34. The third-order valence-electron chi connectivity index (χ3n) is 9.30. The van der Waals surface area contributed by atoms with E-state index in [0.29, 0.717) is 12.8 Å². The molecule has 0 aromatic carbocycles. The fourth-order valence-corrected chi connectivity index (χ4v) is 6.54. The van der Waals surface area contributed by atoms with Gasteiger partial charge in [0.1, 0.15) is 12.6 Å². The molecule has 0 heterocycles. The van der Waals surface area contributed by atoms with Crippen LogP contribution < -0.4 is 5.73 Å². The van der Waals surface area contributed by atoms with Gasteiger partial charge in [-0.1, -0.05) is 152 Å². The zero-order chi connectivity index (χ0) is 42.1. The number of ether oxygens (including phenoxy) is 2. The maximum Gasteiger partial charge on any atom is 0.472 e. The zero-order valence-electron chi connectivity index (χ0n) is 35.7. The summed E-state index contributed by atoms with van der Waals surface area (Å²) in [5.41, 5.74) is 5.33. The number of carbonyl (C=O) groups excluding carboxylic acids is 2. The Morgan fingerprint density at radius 2 is 0.947 bits per heavy atom. The molecule has 0 aliphatic heterocycles. The Hall–Kier alpha value is -2.56. The molecule has 0 spiro atoms. The molecule has 0 radical (unpaired) electrons. The van der Waals surface area contributed by atoms with Crippen LogP contribution in [0.2, 0.25) is 0 Å². The van der Waals surface area contributed by atoms with Crippen molar-refractivity contribution >= 4 is 25.7 Å². The molecule has 57 heavy (non-hydrogen) atoms. The van der Waals surface area contributed by atoms with Crippen LogP contribution in [-0.4, -0.2) is 59.9 Å². The molecule has 4 N–H and O–H groups in total. The molecule has 12 heteroatoms. The van der Waals surface area contributed by atoms with Gasteiger partial charge in [-0.25, -0.2) is 4.57 Å². The van der Waals surface area contributed by atoms with Gasteiger partial charge in [-0.2, -0.15) is 0 Å². The molecule has 0 saturated carbocycles. The maximum atomic E-state index is 12.6. The highest BCUT2D eigenvalue weighted by Crippen LogP contribution is 2.43. The minimum atomic E-state index is -4.72. The number of phosphoric ester groups is 1. The molecular formula is C45H80NO10P. The van der Waals surface area contributed by atoms with E-state index >= 15 is 0 Å². The third-order valence-corrected chi connectivity index (χ3v) is 10.3. The van der Waals surface area contributed by atoms with Crippen LogP contribution >= 0.6 is 7.82 Å². The topological polar surface area (TPSA) is 172 Å². The van der Waals surface area contributed by atoms with Crippen LogP contribution in [0.3, 0.4) is 0 Å². The fourth-order valence-electron chi connectivity index (χ4n) is 5.76. The molecule has 1 unspecified atom stereocenters. The second-order valence-electron chi connectivity index (χ2n) is 14.8. The van der Waals surface area contributed by atoms with Crippen molar-refractivity contribution in [2.45, 2.75) is 199 Å². The first kappa shape index (κ1) is 54.4. The zero-order valence-corrected chi connectivity index (χ0v) is 36.6. The van der Waals surface area contributed by atoms with E-state index in [4.69, 9.17) is 24.8 Å². The highest BCUT2D eigenvalue weighted by Gasteiger charge is 2.28. The molecule has 0 rings (SSSR count). The van der Waals surface area contributed by atoms with E-state index in [-0.39, 0.29) is 19.4 Å². The second kappa shape index (κ2) is 40.2. The minimum Gasteiger partial charge on any atom is -0.480 e. The SMILES string of the molecule is CCCC/C=C/C/C=C/CCCCCCCC(=O)OC[C@H](COP(=O)(O)OC[C@H](N)C(=O)O)OC(=O)CCCCCCCCCCC/C=C/C/C=C/CCCCC. The lowest BCUT2D eigenvalue weighted by Gasteiger charge is -2.20. The third kappa shape index (κ3) is 40.0. The van der Waals surface area contributed by atoms with Crippen molar-refractivity contribution in [1.82, 2.24) is 0 Å². The van der Waals surface area contributed by atoms with E-state index in [1.165, 1.54) is 70.6 Å².